The molecule has 1 aromatic rings. The van der Waals surface area contributed by atoms with Crippen molar-refractivity contribution in [3.05, 3.63) is 33.8 Å². The van der Waals surface area contributed by atoms with Gasteiger partial charge in [-0.3, -0.25) is 4.79 Å². The lowest BCUT2D eigenvalue weighted by Crippen LogP contribution is -2.30. The highest BCUT2D eigenvalue weighted by Gasteiger charge is 2.41. The standard InChI is InChI=1S/C14H17BrClNO/c1-10-8-11(15)2-3-12(10)13(18)17-9-14(4-5-14)6-7-16/h2-3,8H,4-7,9H2,1H3,(H,17,18). The van der Waals surface area contributed by atoms with Crippen LogP contribution in [0.4, 0.5) is 0 Å². The Bertz CT molecular complexity index is 457. The van der Waals surface area contributed by atoms with Crippen molar-refractivity contribution in [3.8, 4) is 0 Å². The van der Waals surface area contributed by atoms with Gasteiger partial charge in [-0.1, -0.05) is 15.9 Å². The van der Waals surface area contributed by atoms with Crippen LogP contribution in [0.3, 0.4) is 0 Å². The Balaban J connectivity index is 1.96. The smallest absolute Gasteiger partial charge is 0.251 e. The van der Waals surface area contributed by atoms with Crippen molar-refractivity contribution in [1.29, 1.82) is 0 Å². The lowest BCUT2D eigenvalue weighted by Gasteiger charge is -2.15. The van der Waals surface area contributed by atoms with Crippen molar-refractivity contribution in [3.63, 3.8) is 0 Å². The van der Waals surface area contributed by atoms with Crippen molar-refractivity contribution < 1.29 is 4.79 Å². The van der Waals surface area contributed by atoms with Crippen LogP contribution in [-0.4, -0.2) is 18.3 Å². The molecule has 0 aromatic heterocycles. The average molecular weight is 331 g/mol. The zero-order valence-corrected chi connectivity index (χ0v) is 12.8. The highest BCUT2D eigenvalue weighted by Crippen LogP contribution is 2.48. The summed E-state index contributed by atoms with van der Waals surface area (Å²) in [6.07, 6.45) is 3.35. The maximum Gasteiger partial charge on any atom is 0.251 e. The SMILES string of the molecule is Cc1cc(Br)ccc1C(=O)NCC1(CCCl)CC1. The topological polar surface area (TPSA) is 29.1 Å². The molecule has 98 valence electrons. The Kier molecular flexibility index (Phi) is 4.33. The number of halogens is 2. The van der Waals surface area contributed by atoms with E-state index in [1.807, 2.05) is 25.1 Å². The predicted molar refractivity (Wildman–Crippen MR) is 78.2 cm³/mol. The van der Waals surface area contributed by atoms with E-state index in [0.29, 0.717) is 5.88 Å². The largest absolute Gasteiger partial charge is 0.351 e. The zero-order chi connectivity index (χ0) is 13.2. The second-order valence-electron chi connectivity index (χ2n) is 5.08. The molecule has 1 fully saturated rings. The molecule has 18 heavy (non-hydrogen) atoms. The summed E-state index contributed by atoms with van der Waals surface area (Å²) in [6.45, 7) is 2.69. The van der Waals surface area contributed by atoms with E-state index in [2.05, 4.69) is 21.2 Å². The molecule has 0 saturated heterocycles. The summed E-state index contributed by atoms with van der Waals surface area (Å²) in [7, 11) is 0. The second kappa shape index (κ2) is 5.62. The number of aryl methyl sites for hydroxylation is 1. The van der Waals surface area contributed by atoms with Gasteiger partial charge in [0.2, 0.25) is 0 Å². The summed E-state index contributed by atoms with van der Waals surface area (Å²) < 4.78 is 0.998. The quantitative estimate of drug-likeness (QED) is 0.815. The third-order valence-electron chi connectivity index (χ3n) is 3.64. The first kappa shape index (κ1) is 13.9. The molecule has 1 aromatic carbocycles. The van der Waals surface area contributed by atoms with E-state index >= 15 is 0 Å². The first-order valence-electron chi connectivity index (χ1n) is 6.17. The number of benzene rings is 1. The van der Waals surface area contributed by atoms with Gasteiger partial charge in [0.1, 0.15) is 0 Å². The second-order valence-corrected chi connectivity index (χ2v) is 6.37. The van der Waals surface area contributed by atoms with Crippen molar-refractivity contribution in [2.75, 3.05) is 12.4 Å². The average Bonchev–Trinajstić information content (AvgIpc) is 3.07. The monoisotopic (exact) mass is 329 g/mol. The highest BCUT2D eigenvalue weighted by molar-refractivity contribution is 9.10. The van der Waals surface area contributed by atoms with Crippen molar-refractivity contribution in [1.82, 2.24) is 5.32 Å². The van der Waals surface area contributed by atoms with Gasteiger partial charge in [0.15, 0.2) is 0 Å². The van der Waals surface area contributed by atoms with E-state index in [9.17, 15) is 4.79 Å². The number of hydrogen-bond acceptors (Lipinski definition) is 1. The molecule has 0 spiro atoms. The fraction of sp³-hybridized carbons (Fsp3) is 0.500. The fourth-order valence-electron chi connectivity index (χ4n) is 2.14. The summed E-state index contributed by atoms with van der Waals surface area (Å²) >= 11 is 9.18. The van der Waals surface area contributed by atoms with Gasteiger partial charge < -0.3 is 5.32 Å². The molecule has 0 radical (unpaired) electrons. The number of nitrogens with one attached hydrogen (secondary N) is 1. The van der Waals surface area contributed by atoms with Crippen LogP contribution >= 0.6 is 27.5 Å². The van der Waals surface area contributed by atoms with Gasteiger partial charge in [-0.05, 0) is 55.4 Å². The first-order chi connectivity index (χ1) is 8.56. The molecular weight excluding hydrogens is 314 g/mol. The molecule has 1 amide bonds. The minimum atomic E-state index is 0.0147. The summed E-state index contributed by atoms with van der Waals surface area (Å²) in [6, 6.07) is 5.71. The molecule has 1 aliphatic carbocycles. The number of carbonyl (C=O) groups is 1. The van der Waals surface area contributed by atoms with Gasteiger partial charge in [0, 0.05) is 22.5 Å². The number of carbonyl (C=O) groups excluding carboxylic acids is 1. The van der Waals surface area contributed by atoms with E-state index in [-0.39, 0.29) is 11.3 Å². The third-order valence-corrected chi connectivity index (χ3v) is 4.32. The molecule has 0 unspecified atom stereocenters. The maximum absolute atomic E-state index is 12.1. The van der Waals surface area contributed by atoms with Gasteiger partial charge >= 0.3 is 0 Å². The number of hydrogen-bond donors (Lipinski definition) is 1. The summed E-state index contributed by atoms with van der Waals surface area (Å²) in [5.41, 5.74) is 2.02. The summed E-state index contributed by atoms with van der Waals surface area (Å²) in [5.74, 6) is 0.688. The van der Waals surface area contributed by atoms with Crippen LogP contribution in [0.15, 0.2) is 22.7 Å². The molecule has 0 atom stereocenters. The van der Waals surface area contributed by atoms with Gasteiger partial charge in [0.05, 0.1) is 0 Å². The van der Waals surface area contributed by atoms with Crippen LogP contribution in [0.25, 0.3) is 0 Å². The molecule has 1 N–H and O–H groups in total. The van der Waals surface area contributed by atoms with Crippen molar-refractivity contribution in [2.24, 2.45) is 5.41 Å². The Morgan fingerprint density at radius 1 is 1.50 bits per heavy atom. The molecule has 1 aliphatic rings. The van der Waals surface area contributed by atoms with E-state index in [1.54, 1.807) is 0 Å². The minimum Gasteiger partial charge on any atom is -0.351 e. The molecular formula is C14H17BrClNO. The summed E-state index contributed by atoms with van der Waals surface area (Å²) in [4.78, 5) is 12.1. The Morgan fingerprint density at radius 3 is 2.78 bits per heavy atom. The lowest BCUT2D eigenvalue weighted by atomic mass is 10.0. The molecule has 0 aliphatic heterocycles. The lowest BCUT2D eigenvalue weighted by molar-refractivity contribution is 0.0944. The molecule has 0 bridgehead atoms. The van der Waals surface area contributed by atoms with E-state index in [0.717, 1.165) is 28.6 Å². The third kappa shape index (κ3) is 3.27. The normalized spacial score (nSPS) is 16.4. The van der Waals surface area contributed by atoms with Gasteiger partial charge in [-0.2, -0.15) is 0 Å². The van der Waals surface area contributed by atoms with Crippen LogP contribution in [0.2, 0.25) is 0 Å². The van der Waals surface area contributed by atoms with Crippen LogP contribution in [0, 0.1) is 12.3 Å². The molecule has 4 heteroatoms. The Morgan fingerprint density at radius 2 is 2.22 bits per heavy atom. The van der Waals surface area contributed by atoms with Crippen LogP contribution < -0.4 is 5.32 Å². The van der Waals surface area contributed by atoms with E-state index < -0.39 is 0 Å². The van der Waals surface area contributed by atoms with Gasteiger partial charge in [-0.25, -0.2) is 0 Å². The van der Waals surface area contributed by atoms with Gasteiger partial charge in [0.25, 0.3) is 5.91 Å². The van der Waals surface area contributed by atoms with Crippen LogP contribution in [0.5, 0.6) is 0 Å². The first-order valence-corrected chi connectivity index (χ1v) is 7.49. The minimum absolute atomic E-state index is 0.0147. The molecule has 2 nitrogen and oxygen atoms in total. The number of amides is 1. The zero-order valence-electron chi connectivity index (χ0n) is 10.4. The molecule has 0 heterocycles. The number of alkyl halides is 1. The summed E-state index contributed by atoms with van der Waals surface area (Å²) in [5, 5.41) is 3.03. The molecule has 1 saturated carbocycles. The Hall–Kier alpha value is -0.540. The number of rotatable bonds is 5. The van der Waals surface area contributed by atoms with E-state index in [1.165, 1.54) is 12.8 Å². The van der Waals surface area contributed by atoms with Gasteiger partial charge in [-0.15, -0.1) is 11.6 Å². The Labute approximate surface area is 121 Å². The highest BCUT2D eigenvalue weighted by atomic mass is 79.9. The molecule has 2 rings (SSSR count). The maximum atomic E-state index is 12.1. The fourth-order valence-corrected chi connectivity index (χ4v) is 3.01. The van der Waals surface area contributed by atoms with E-state index in [4.69, 9.17) is 11.6 Å². The van der Waals surface area contributed by atoms with Crippen molar-refractivity contribution >= 4 is 33.4 Å². The van der Waals surface area contributed by atoms with Crippen LogP contribution in [-0.2, 0) is 0 Å². The van der Waals surface area contributed by atoms with Crippen molar-refractivity contribution in [2.45, 2.75) is 26.2 Å². The van der Waals surface area contributed by atoms with Crippen LogP contribution in [0.1, 0.15) is 35.2 Å². The predicted octanol–water partition coefficient (Wildman–Crippen LogP) is 3.90.